The van der Waals surface area contributed by atoms with E-state index >= 15 is 0 Å². The minimum Gasteiger partial charge on any atom is -0.497 e. The first-order valence-corrected chi connectivity index (χ1v) is 11.2. The highest BCUT2D eigenvalue weighted by molar-refractivity contribution is 5.97. The summed E-state index contributed by atoms with van der Waals surface area (Å²) in [4.78, 5) is 30.1. The first-order chi connectivity index (χ1) is 15.5. The zero-order valence-corrected chi connectivity index (χ0v) is 19.2. The van der Waals surface area contributed by atoms with E-state index in [1.165, 1.54) is 5.56 Å². The molecule has 0 aromatic heterocycles. The van der Waals surface area contributed by atoms with Crippen molar-refractivity contribution in [2.24, 2.45) is 5.92 Å². The summed E-state index contributed by atoms with van der Waals surface area (Å²) in [5.41, 5.74) is 1.70. The summed E-state index contributed by atoms with van der Waals surface area (Å²) in [6, 6.07) is 16.6. The molecular formula is C26H33N3O3. The third-order valence-corrected chi connectivity index (χ3v) is 5.73. The van der Waals surface area contributed by atoms with Gasteiger partial charge in [-0.05, 0) is 35.7 Å². The van der Waals surface area contributed by atoms with E-state index in [9.17, 15) is 9.59 Å². The van der Waals surface area contributed by atoms with Crippen molar-refractivity contribution in [1.82, 2.24) is 15.1 Å². The van der Waals surface area contributed by atoms with Gasteiger partial charge in [-0.15, -0.1) is 0 Å². The number of rotatable bonds is 8. The zero-order chi connectivity index (χ0) is 22.9. The van der Waals surface area contributed by atoms with Gasteiger partial charge in [0.05, 0.1) is 7.11 Å². The predicted molar refractivity (Wildman–Crippen MR) is 128 cm³/mol. The molecule has 0 spiro atoms. The molecule has 3 rings (SSSR count). The van der Waals surface area contributed by atoms with E-state index < -0.39 is 6.04 Å². The van der Waals surface area contributed by atoms with Crippen LogP contribution in [0.4, 0.5) is 0 Å². The number of methoxy groups -OCH3 is 1. The molecule has 1 unspecified atom stereocenters. The SMILES string of the molecule is COc1ccc(C(=O)NC(C(=O)N2CCN(CC=Cc3ccccc3)CC2)C(C)C)cc1. The van der Waals surface area contributed by atoms with Crippen LogP contribution >= 0.6 is 0 Å². The molecule has 170 valence electrons. The van der Waals surface area contributed by atoms with Crippen LogP contribution in [-0.4, -0.2) is 67.5 Å². The number of piperazine rings is 1. The Morgan fingerprint density at radius 2 is 1.66 bits per heavy atom. The van der Waals surface area contributed by atoms with Gasteiger partial charge in [-0.3, -0.25) is 14.5 Å². The Morgan fingerprint density at radius 1 is 1.00 bits per heavy atom. The molecule has 6 heteroatoms. The number of hydrogen-bond acceptors (Lipinski definition) is 4. The van der Waals surface area contributed by atoms with E-state index in [0.717, 1.165) is 19.6 Å². The molecule has 0 radical (unpaired) electrons. The van der Waals surface area contributed by atoms with Gasteiger partial charge in [0, 0.05) is 38.3 Å². The number of ether oxygens (including phenoxy) is 1. The third-order valence-electron chi connectivity index (χ3n) is 5.73. The Kier molecular flexibility index (Phi) is 8.45. The Labute approximate surface area is 190 Å². The smallest absolute Gasteiger partial charge is 0.251 e. The van der Waals surface area contributed by atoms with Crippen molar-refractivity contribution in [2.45, 2.75) is 19.9 Å². The molecule has 1 atom stereocenters. The first-order valence-electron chi connectivity index (χ1n) is 11.2. The van der Waals surface area contributed by atoms with Crippen molar-refractivity contribution in [1.29, 1.82) is 0 Å². The lowest BCUT2D eigenvalue weighted by atomic mass is 10.0. The maximum atomic E-state index is 13.2. The van der Waals surface area contributed by atoms with Crippen molar-refractivity contribution in [3.8, 4) is 5.75 Å². The summed E-state index contributed by atoms with van der Waals surface area (Å²) in [6.07, 6.45) is 4.29. The number of benzene rings is 2. The van der Waals surface area contributed by atoms with Crippen molar-refractivity contribution >= 4 is 17.9 Å². The quantitative estimate of drug-likeness (QED) is 0.691. The minimum absolute atomic E-state index is 0.00321. The van der Waals surface area contributed by atoms with E-state index in [2.05, 4.69) is 34.5 Å². The number of carbonyl (C=O) groups is 2. The highest BCUT2D eigenvalue weighted by Gasteiger charge is 2.30. The second kappa shape index (κ2) is 11.5. The molecule has 6 nitrogen and oxygen atoms in total. The molecule has 0 saturated carbocycles. The van der Waals surface area contributed by atoms with Crippen LogP contribution in [0.1, 0.15) is 29.8 Å². The molecule has 2 aromatic carbocycles. The summed E-state index contributed by atoms with van der Waals surface area (Å²) < 4.78 is 5.14. The fourth-order valence-electron chi connectivity index (χ4n) is 3.73. The lowest BCUT2D eigenvalue weighted by Gasteiger charge is -2.37. The Hall–Kier alpha value is -3.12. The average Bonchev–Trinajstić information content (AvgIpc) is 2.83. The number of nitrogens with one attached hydrogen (secondary N) is 1. The molecular weight excluding hydrogens is 402 g/mol. The second-order valence-electron chi connectivity index (χ2n) is 8.36. The van der Waals surface area contributed by atoms with Gasteiger partial charge in [-0.2, -0.15) is 0 Å². The maximum Gasteiger partial charge on any atom is 0.251 e. The molecule has 1 saturated heterocycles. The molecule has 0 aliphatic carbocycles. The van der Waals surface area contributed by atoms with Gasteiger partial charge in [0.15, 0.2) is 0 Å². The molecule has 1 aliphatic heterocycles. The van der Waals surface area contributed by atoms with Gasteiger partial charge in [0.25, 0.3) is 5.91 Å². The molecule has 1 aliphatic rings. The third kappa shape index (κ3) is 6.44. The number of carbonyl (C=O) groups excluding carboxylic acids is 2. The highest BCUT2D eigenvalue weighted by atomic mass is 16.5. The van der Waals surface area contributed by atoms with Crippen LogP contribution in [0, 0.1) is 5.92 Å². The van der Waals surface area contributed by atoms with Crippen LogP contribution in [-0.2, 0) is 4.79 Å². The number of hydrogen-bond donors (Lipinski definition) is 1. The average molecular weight is 436 g/mol. The van der Waals surface area contributed by atoms with Crippen molar-refractivity contribution in [3.05, 3.63) is 71.8 Å². The summed E-state index contributed by atoms with van der Waals surface area (Å²) in [5, 5.41) is 2.94. The number of nitrogens with zero attached hydrogens (tertiary/aromatic N) is 2. The van der Waals surface area contributed by atoms with Gasteiger partial charge in [0.2, 0.25) is 5.91 Å². The van der Waals surface area contributed by atoms with Crippen LogP contribution in [0.15, 0.2) is 60.7 Å². The van der Waals surface area contributed by atoms with Gasteiger partial charge in [0.1, 0.15) is 11.8 Å². The normalized spacial score (nSPS) is 15.7. The van der Waals surface area contributed by atoms with Crippen LogP contribution in [0.3, 0.4) is 0 Å². The summed E-state index contributed by atoms with van der Waals surface area (Å²) in [6.45, 7) is 7.76. The molecule has 1 N–H and O–H groups in total. The van der Waals surface area contributed by atoms with Gasteiger partial charge >= 0.3 is 0 Å². The van der Waals surface area contributed by atoms with Crippen LogP contribution in [0.2, 0.25) is 0 Å². The predicted octanol–water partition coefficient (Wildman–Crippen LogP) is 3.31. The van der Waals surface area contributed by atoms with Crippen molar-refractivity contribution < 1.29 is 14.3 Å². The van der Waals surface area contributed by atoms with E-state index in [0.29, 0.717) is 24.4 Å². The van der Waals surface area contributed by atoms with E-state index in [4.69, 9.17) is 4.74 Å². The van der Waals surface area contributed by atoms with Gasteiger partial charge in [-0.25, -0.2) is 0 Å². The first kappa shape index (κ1) is 23.5. The maximum absolute atomic E-state index is 13.2. The molecule has 2 aromatic rings. The number of amides is 2. The lowest BCUT2D eigenvalue weighted by molar-refractivity contribution is -0.136. The van der Waals surface area contributed by atoms with Crippen LogP contribution < -0.4 is 10.1 Å². The van der Waals surface area contributed by atoms with Gasteiger partial charge in [-0.1, -0.05) is 56.3 Å². The summed E-state index contributed by atoms with van der Waals surface area (Å²) in [5.74, 6) is 0.428. The molecule has 0 bridgehead atoms. The molecule has 1 heterocycles. The van der Waals surface area contributed by atoms with Crippen LogP contribution in [0.25, 0.3) is 6.08 Å². The van der Waals surface area contributed by atoms with Crippen molar-refractivity contribution in [3.63, 3.8) is 0 Å². The molecule has 1 fully saturated rings. The standard InChI is InChI=1S/C26H33N3O3/c1-20(2)24(27-25(30)22-11-13-23(32-3)14-12-22)26(31)29-18-16-28(17-19-29)15-7-10-21-8-5-4-6-9-21/h4-14,20,24H,15-19H2,1-3H3,(H,27,30). The molecule has 2 amide bonds. The second-order valence-corrected chi connectivity index (χ2v) is 8.36. The van der Waals surface area contributed by atoms with E-state index in [1.807, 2.05) is 36.9 Å². The Bertz CT molecular complexity index is 902. The molecule has 32 heavy (non-hydrogen) atoms. The van der Waals surface area contributed by atoms with Gasteiger partial charge < -0.3 is 15.0 Å². The zero-order valence-electron chi connectivity index (χ0n) is 19.2. The fourth-order valence-corrected chi connectivity index (χ4v) is 3.73. The van der Waals surface area contributed by atoms with Crippen molar-refractivity contribution in [2.75, 3.05) is 39.8 Å². The lowest BCUT2D eigenvalue weighted by Crippen LogP contribution is -2.56. The largest absolute Gasteiger partial charge is 0.497 e. The summed E-state index contributed by atoms with van der Waals surface area (Å²) >= 11 is 0. The summed E-state index contributed by atoms with van der Waals surface area (Å²) in [7, 11) is 1.59. The van der Waals surface area contributed by atoms with E-state index in [-0.39, 0.29) is 17.7 Å². The minimum atomic E-state index is -0.547. The Morgan fingerprint density at radius 3 is 2.25 bits per heavy atom. The fraction of sp³-hybridized carbons (Fsp3) is 0.385. The van der Waals surface area contributed by atoms with E-state index in [1.54, 1.807) is 31.4 Å². The monoisotopic (exact) mass is 435 g/mol. The van der Waals surface area contributed by atoms with Crippen LogP contribution in [0.5, 0.6) is 5.75 Å². The topological polar surface area (TPSA) is 61.9 Å². The highest BCUT2D eigenvalue weighted by Crippen LogP contribution is 2.14. The Balaban J connectivity index is 1.52.